The van der Waals surface area contributed by atoms with E-state index < -0.39 is 0 Å². The van der Waals surface area contributed by atoms with Crippen LogP contribution in [0.3, 0.4) is 0 Å². The van der Waals surface area contributed by atoms with Gasteiger partial charge in [-0.05, 0) is 13.1 Å². The summed E-state index contributed by atoms with van der Waals surface area (Å²) in [5.74, 6) is 0. The molecule has 9 heavy (non-hydrogen) atoms. The van der Waals surface area contributed by atoms with Crippen molar-refractivity contribution in [1.82, 2.24) is 4.90 Å². The molecule has 0 amide bonds. The maximum atomic E-state index is 9.89. The summed E-state index contributed by atoms with van der Waals surface area (Å²) >= 11 is 0. The summed E-state index contributed by atoms with van der Waals surface area (Å²) in [6.45, 7) is 6.61. The molecule has 0 aliphatic heterocycles. The Labute approximate surface area is 70.3 Å². The molecule has 0 aromatic carbocycles. The zero-order valence-electron chi connectivity index (χ0n) is 7.55. The largest absolute Gasteiger partial charge is 1.00 e. The first-order valence-corrected chi connectivity index (χ1v) is 3.01. The van der Waals surface area contributed by atoms with E-state index in [1.165, 1.54) is 0 Å². The topological polar surface area (TPSA) is 20.3 Å². The van der Waals surface area contributed by atoms with Crippen LogP contribution in [0.1, 0.15) is 15.3 Å². The molecule has 50 valence electrons. The van der Waals surface area contributed by atoms with Crippen molar-refractivity contribution in [2.24, 2.45) is 0 Å². The van der Waals surface area contributed by atoms with Gasteiger partial charge in [-0.15, -0.1) is 0 Å². The normalized spacial score (nSPS) is 8.78. The van der Waals surface area contributed by atoms with Crippen LogP contribution in [0.2, 0.25) is 0 Å². The molecule has 0 spiro atoms. The fourth-order valence-corrected chi connectivity index (χ4v) is 0.587. The number of nitrogens with zero attached hydrogens (tertiary/aromatic N) is 1. The summed E-state index contributed by atoms with van der Waals surface area (Å²) < 4.78 is 0. The van der Waals surface area contributed by atoms with Gasteiger partial charge in [0.25, 0.3) is 0 Å². The number of hydrogen-bond acceptors (Lipinski definition) is 2. The molecule has 0 aromatic heterocycles. The average molecular weight is 123 g/mol. The van der Waals surface area contributed by atoms with Crippen molar-refractivity contribution < 1.29 is 25.1 Å². The van der Waals surface area contributed by atoms with Gasteiger partial charge in [-0.2, -0.15) is 0 Å². The minimum atomic E-state index is 0. The first kappa shape index (κ1) is 12.0. The minimum absolute atomic E-state index is 0. The van der Waals surface area contributed by atoms with Crippen LogP contribution < -0.4 is 18.9 Å². The van der Waals surface area contributed by atoms with Gasteiger partial charge < -0.3 is 6.22 Å². The Morgan fingerprint density at radius 3 is 2.00 bits per heavy atom. The van der Waals surface area contributed by atoms with Crippen LogP contribution >= 0.6 is 0 Å². The van der Waals surface area contributed by atoms with Gasteiger partial charge in [0.15, 0.2) is 0 Å². The van der Waals surface area contributed by atoms with E-state index in [1.54, 1.807) is 0 Å². The van der Waals surface area contributed by atoms with E-state index in [1.807, 2.05) is 13.8 Å². The van der Waals surface area contributed by atoms with Crippen molar-refractivity contribution in [1.29, 1.82) is 0 Å². The second-order valence-electron chi connectivity index (χ2n) is 1.65. The van der Waals surface area contributed by atoms with E-state index in [2.05, 4.69) is 4.90 Å². The van der Waals surface area contributed by atoms with Crippen LogP contribution in [-0.4, -0.2) is 30.8 Å². The van der Waals surface area contributed by atoms with Gasteiger partial charge >= 0.3 is 18.9 Å². The van der Waals surface area contributed by atoms with E-state index >= 15 is 0 Å². The first-order valence-electron chi connectivity index (χ1n) is 3.01. The van der Waals surface area contributed by atoms with E-state index in [0.717, 1.165) is 19.4 Å². The molecule has 0 saturated carbocycles. The van der Waals surface area contributed by atoms with Crippen molar-refractivity contribution in [3.05, 3.63) is 0 Å². The molecule has 0 aliphatic carbocycles. The molecule has 0 rings (SSSR count). The third-order valence-electron chi connectivity index (χ3n) is 1.23. The van der Waals surface area contributed by atoms with Crippen LogP contribution in [0.5, 0.6) is 0 Å². The quantitative estimate of drug-likeness (QED) is 0.308. The number of carbonyl (C=O) groups is 1. The molecule has 0 heterocycles. The Balaban J connectivity index is -0.000000245. The molecule has 0 radical (unpaired) electrons. The smallest absolute Gasteiger partial charge is 1.00 e. The van der Waals surface area contributed by atoms with Gasteiger partial charge in [-0.3, -0.25) is 4.90 Å². The maximum absolute atomic E-state index is 9.89. The number of aldehydes is 1. The average Bonchev–Trinajstić information content (AvgIpc) is 1.83. The standard InChI is InChI=1S/C6H13NO.Li.H/c1-3-7(4-2)5-6-8;;/h6H,3-5H2,1-2H3;;/q;+1;-1. The molecular weight excluding hydrogens is 109 g/mol. The molecule has 0 atom stereocenters. The predicted octanol–water partition coefficient (Wildman–Crippen LogP) is -2.36. The van der Waals surface area contributed by atoms with Crippen LogP contribution in [0.4, 0.5) is 0 Å². The van der Waals surface area contributed by atoms with Gasteiger partial charge in [0.1, 0.15) is 6.29 Å². The molecule has 2 nitrogen and oxygen atoms in total. The molecule has 0 aliphatic rings. The maximum Gasteiger partial charge on any atom is 1.00 e. The van der Waals surface area contributed by atoms with Crippen molar-refractivity contribution in [3.8, 4) is 0 Å². The zero-order valence-corrected chi connectivity index (χ0v) is 6.55. The first-order chi connectivity index (χ1) is 3.85. The summed E-state index contributed by atoms with van der Waals surface area (Å²) in [5, 5.41) is 0. The van der Waals surface area contributed by atoms with Crippen LogP contribution in [-0.2, 0) is 4.79 Å². The summed E-state index contributed by atoms with van der Waals surface area (Å²) in [6, 6.07) is 0. The van der Waals surface area contributed by atoms with Gasteiger partial charge in [0, 0.05) is 0 Å². The Morgan fingerprint density at radius 1 is 1.44 bits per heavy atom. The number of rotatable bonds is 4. The third-order valence-corrected chi connectivity index (χ3v) is 1.23. The molecule has 0 N–H and O–H groups in total. The predicted molar refractivity (Wildman–Crippen MR) is 35.0 cm³/mol. The molecule has 0 bridgehead atoms. The zero-order chi connectivity index (χ0) is 6.41. The Morgan fingerprint density at radius 2 is 1.89 bits per heavy atom. The summed E-state index contributed by atoms with van der Waals surface area (Å²) in [7, 11) is 0. The molecule has 0 fully saturated rings. The molecule has 3 heteroatoms. The van der Waals surface area contributed by atoms with E-state index in [-0.39, 0.29) is 20.3 Å². The van der Waals surface area contributed by atoms with E-state index in [9.17, 15) is 4.79 Å². The van der Waals surface area contributed by atoms with Crippen molar-refractivity contribution in [2.75, 3.05) is 19.6 Å². The van der Waals surface area contributed by atoms with Gasteiger partial charge in [-0.1, -0.05) is 13.8 Å². The third kappa shape index (κ3) is 6.11. The van der Waals surface area contributed by atoms with Crippen LogP contribution in [0, 0.1) is 0 Å². The second kappa shape index (κ2) is 8.23. The van der Waals surface area contributed by atoms with Crippen molar-refractivity contribution in [3.63, 3.8) is 0 Å². The van der Waals surface area contributed by atoms with Gasteiger partial charge in [-0.25, -0.2) is 0 Å². The minimum Gasteiger partial charge on any atom is -1.00 e. The Kier molecular flexibility index (Phi) is 10.9. The number of likely N-dealkylation sites (N-methyl/N-ethyl adjacent to an activating group) is 1. The molecule has 0 unspecified atom stereocenters. The van der Waals surface area contributed by atoms with Gasteiger partial charge in [0.05, 0.1) is 6.54 Å². The number of hydrogen-bond donors (Lipinski definition) is 0. The summed E-state index contributed by atoms with van der Waals surface area (Å²) in [6.07, 6.45) is 0.938. The second-order valence-corrected chi connectivity index (χ2v) is 1.65. The number of carbonyl (C=O) groups excluding carboxylic acids is 1. The van der Waals surface area contributed by atoms with Crippen molar-refractivity contribution in [2.45, 2.75) is 13.8 Å². The molecular formula is C6H14LiNO. The van der Waals surface area contributed by atoms with Crippen LogP contribution in [0.25, 0.3) is 0 Å². The monoisotopic (exact) mass is 123 g/mol. The fourth-order valence-electron chi connectivity index (χ4n) is 0.587. The molecule has 0 aromatic rings. The fraction of sp³-hybridized carbons (Fsp3) is 0.833. The van der Waals surface area contributed by atoms with E-state index in [4.69, 9.17) is 0 Å². The molecule has 0 saturated heterocycles. The summed E-state index contributed by atoms with van der Waals surface area (Å²) in [5.41, 5.74) is 0. The van der Waals surface area contributed by atoms with Crippen molar-refractivity contribution >= 4 is 6.29 Å². The summed E-state index contributed by atoms with van der Waals surface area (Å²) in [4.78, 5) is 12.0. The Bertz CT molecular complexity index is 68.8. The van der Waals surface area contributed by atoms with Gasteiger partial charge in [0.2, 0.25) is 0 Å². The Hall–Kier alpha value is 0.227. The van der Waals surface area contributed by atoms with Crippen LogP contribution in [0.15, 0.2) is 0 Å². The van der Waals surface area contributed by atoms with E-state index in [0.29, 0.717) is 6.54 Å². The SMILES string of the molecule is CCN(CC)CC=O.[H-].[Li+].